The van der Waals surface area contributed by atoms with Gasteiger partial charge in [-0.25, -0.2) is 0 Å². The van der Waals surface area contributed by atoms with Crippen LogP contribution in [0.15, 0.2) is 0 Å². The van der Waals surface area contributed by atoms with E-state index in [4.69, 9.17) is 0 Å². The van der Waals surface area contributed by atoms with Crippen LogP contribution in [0.25, 0.3) is 0 Å². The lowest BCUT2D eigenvalue weighted by molar-refractivity contribution is -0.126. The molecule has 1 aliphatic rings. The average molecular weight is 304 g/mol. The van der Waals surface area contributed by atoms with Gasteiger partial charge in [0.1, 0.15) is 0 Å². The van der Waals surface area contributed by atoms with E-state index < -0.39 is 0 Å². The van der Waals surface area contributed by atoms with Crippen LogP contribution in [0.2, 0.25) is 0 Å². The molecule has 1 unspecified atom stereocenters. The molecule has 0 aromatic heterocycles. The summed E-state index contributed by atoms with van der Waals surface area (Å²) in [6, 6.07) is 0. The lowest BCUT2D eigenvalue weighted by Crippen LogP contribution is -2.35. The lowest BCUT2D eigenvalue weighted by Gasteiger charge is -2.22. The molecule has 0 radical (unpaired) electrons. The third-order valence-corrected chi connectivity index (χ3v) is 4.21. The summed E-state index contributed by atoms with van der Waals surface area (Å²) in [4.78, 5) is 12.0. The molecule has 0 heterocycles. The molecule has 1 saturated carbocycles. The van der Waals surface area contributed by atoms with Gasteiger partial charge in [-0.3, -0.25) is 4.79 Å². The monoisotopic (exact) mass is 303 g/mol. The van der Waals surface area contributed by atoms with Gasteiger partial charge in [-0.2, -0.15) is 0 Å². The van der Waals surface area contributed by atoms with Gasteiger partial charge in [0.25, 0.3) is 0 Å². The average Bonchev–Trinajstić information content (AvgIpc) is 2.37. The number of carbonyl (C=O) groups excluding carboxylic acids is 1. The number of alkyl halides is 1. The van der Waals surface area contributed by atoms with Crippen molar-refractivity contribution in [2.45, 2.75) is 58.3 Å². The summed E-state index contributed by atoms with van der Waals surface area (Å²) in [7, 11) is 0. The van der Waals surface area contributed by atoms with Crippen molar-refractivity contribution >= 4 is 21.8 Å². The first-order chi connectivity index (χ1) is 8.27. The van der Waals surface area contributed by atoms with Crippen molar-refractivity contribution in [1.82, 2.24) is 5.32 Å². The van der Waals surface area contributed by atoms with Crippen molar-refractivity contribution in [3.8, 4) is 0 Å². The number of hydrogen-bond acceptors (Lipinski definition) is 1. The van der Waals surface area contributed by atoms with Crippen molar-refractivity contribution in [3.05, 3.63) is 0 Å². The molecule has 1 atom stereocenters. The van der Waals surface area contributed by atoms with E-state index >= 15 is 0 Å². The molecular weight excluding hydrogens is 278 g/mol. The van der Waals surface area contributed by atoms with E-state index in [1.165, 1.54) is 38.5 Å². The highest BCUT2D eigenvalue weighted by atomic mass is 79.9. The van der Waals surface area contributed by atoms with E-state index in [0.717, 1.165) is 24.7 Å². The molecule has 1 fully saturated rings. The number of amides is 1. The van der Waals surface area contributed by atoms with E-state index in [2.05, 4.69) is 28.2 Å². The smallest absolute Gasteiger partial charge is 0.223 e. The van der Waals surface area contributed by atoms with E-state index in [9.17, 15) is 4.79 Å². The largest absolute Gasteiger partial charge is 0.356 e. The molecule has 0 aliphatic heterocycles. The Morgan fingerprint density at radius 1 is 1.29 bits per heavy atom. The fourth-order valence-electron chi connectivity index (χ4n) is 2.67. The first-order valence-electron chi connectivity index (χ1n) is 7.11. The predicted molar refractivity (Wildman–Crippen MR) is 76.4 cm³/mol. The second-order valence-corrected chi connectivity index (χ2v) is 6.01. The lowest BCUT2D eigenvalue weighted by atomic mass is 9.88. The summed E-state index contributed by atoms with van der Waals surface area (Å²) in [6.45, 7) is 3.08. The van der Waals surface area contributed by atoms with Crippen molar-refractivity contribution < 1.29 is 4.79 Å². The van der Waals surface area contributed by atoms with E-state index in [-0.39, 0.29) is 0 Å². The Balaban J connectivity index is 2.24. The summed E-state index contributed by atoms with van der Waals surface area (Å²) in [6.07, 6.45) is 9.57. The first kappa shape index (κ1) is 15.0. The van der Waals surface area contributed by atoms with E-state index in [0.29, 0.717) is 17.7 Å². The van der Waals surface area contributed by atoms with Crippen molar-refractivity contribution in [2.24, 2.45) is 11.8 Å². The standard InChI is InChI=1S/C14H26BrNO/c1-2-6-12(9-10-15)11-16-14(17)13-7-4-3-5-8-13/h12-13H,2-11H2,1H3,(H,16,17). The molecule has 0 bridgehead atoms. The molecule has 3 heteroatoms. The minimum Gasteiger partial charge on any atom is -0.356 e. The molecule has 0 aromatic carbocycles. The van der Waals surface area contributed by atoms with Gasteiger partial charge in [0, 0.05) is 17.8 Å². The molecule has 17 heavy (non-hydrogen) atoms. The number of halogens is 1. The van der Waals surface area contributed by atoms with Crippen molar-refractivity contribution in [3.63, 3.8) is 0 Å². The Bertz CT molecular complexity index is 208. The third-order valence-electron chi connectivity index (χ3n) is 3.76. The Morgan fingerprint density at radius 3 is 2.59 bits per heavy atom. The number of rotatable bonds is 7. The summed E-state index contributed by atoms with van der Waals surface area (Å²) in [5.41, 5.74) is 0. The zero-order valence-electron chi connectivity index (χ0n) is 11.0. The van der Waals surface area contributed by atoms with Gasteiger partial charge in [-0.1, -0.05) is 48.5 Å². The van der Waals surface area contributed by atoms with Crippen LogP contribution in [0.1, 0.15) is 58.3 Å². The highest BCUT2D eigenvalue weighted by Gasteiger charge is 2.21. The van der Waals surface area contributed by atoms with Crippen molar-refractivity contribution in [2.75, 3.05) is 11.9 Å². The Labute approximate surface area is 114 Å². The SMILES string of the molecule is CCCC(CCBr)CNC(=O)C1CCCCC1. The number of hydrogen-bond donors (Lipinski definition) is 1. The summed E-state index contributed by atoms with van der Waals surface area (Å²) in [5, 5.41) is 4.20. The quantitative estimate of drug-likeness (QED) is 0.710. The summed E-state index contributed by atoms with van der Waals surface area (Å²) >= 11 is 3.49. The van der Waals surface area contributed by atoms with Crippen LogP contribution >= 0.6 is 15.9 Å². The molecule has 1 amide bonds. The zero-order valence-corrected chi connectivity index (χ0v) is 12.6. The fourth-order valence-corrected chi connectivity index (χ4v) is 3.31. The maximum absolute atomic E-state index is 12.0. The molecular formula is C14H26BrNO. The van der Waals surface area contributed by atoms with E-state index in [1.54, 1.807) is 0 Å². The van der Waals surface area contributed by atoms with Gasteiger partial charge in [-0.15, -0.1) is 0 Å². The maximum Gasteiger partial charge on any atom is 0.223 e. The summed E-state index contributed by atoms with van der Waals surface area (Å²) < 4.78 is 0. The molecule has 1 N–H and O–H groups in total. The van der Waals surface area contributed by atoms with Crippen LogP contribution in [0.4, 0.5) is 0 Å². The first-order valence-corrected chi connectivity index (χ1v) is 8.23. The minimum atomic E-state index is 0.301. The molecule has 100 valence electrons. The molecule has 0 aromatic rings. The number of carbonyl (C=O) groups is 1. The molecule has 1 aliphatic carbocycles. The maximum atomic E-state index is 12.0. The topological polar surface area (TPSA) is 29.1 Å². The van der Waals surface area contributed by atoms with Gasteiger partial charge in [0.2, 0.25) is 5.91 Å². The predicted octanol–water partition coefficient (Wildman–Crippen LogP) is 3.88. The molecule has 0 saturated heterocycles. The van der Waals surface area contributed by atoms with Gasteiger partial charge in [0.15, 0.2) is 0 Å². The molecule has 2 nitrogen and oxygen atoms in total. The van der Waals surface area contributed by atoms with Crippen molar-refractivity contribution in [1.29, 1.82) is 0 Å². The highest BCUT2D eigenvalue weighted by Crippen LogP contribution is 2.23. The Kier molecular flexibility index (Phi) is 7.91. The molecule has 1 rings (SSSR count). The van der Waals surface area contributed by atoms with E-state index in [1.807, 2.05) is 0 Å². The van der Waals surface area contributed by atoms with Crippen LogP contribution in [0.5, 0.6) is 0 Å². The fraction of sp³-hybridized carbons (Fsp3) is 0.929. The highest BCUT2D eigenvalue weighted by molar-refractivity contribution is 9.09. The second-order valence-electron chi connectivity index (χ2n) is 5.21. The number of nitrogens with one attached hydrogen (secondary N) is 1. The van der Waals surface area contributed by atoms with Crippen LogP contribution in [0, 0.1) is 11.8 Å². The van der Waals surface area contributed by atoms with Gasteiger partial charge in [0.05, 0.1) is 0 Å². The van der Waals surface area contributed by atoms with Gasteiger partial charge in [-0.05, 0) is 31.6 Å². The summed E-state index contributed by atoms with van der Waals surface area (Å²) in [5.74, 6) is 1.25. The van der Waals surface area contributed by atoms with Gasteiger partial charge < -0.3 is 5.32 Å². The third kappa shape index (κ3) is 5.89. The Hall–Kier alpha value is -0.0500. The van der Waals surface area contributed by atoms with Gasteiger partial charge >= 0.3 is 0 Å². The molecule has 0 spiro atoms. The zero-order chi connectivity index (χ0) is 12.5. The Morgan fingerprint density at radius 2 is 2.00 bits per heavy atom. The normalized spacial score (nSPS) is 18.9. The van der Waals surface area contributed by atoms with Crippen LogP contribution in [0.3, 0.4) is 0 Å². The van der Waals surface area contributed by atoms with Crippen LogP contribution < -0.4 is 5.32 Å². The van der Waals surface area contributed by atoms with Crippen LogP contribution in [-0.4, -0.2) is 17.8 Å². The minimum absolute atomic E-state index is 0.301. The second kappa shape index (κ2) is 8.96. The van der Waals surface area contributed by atoms with Crippen LogP contribution in [-0.2, 0) is 4.79 Å².